The highest BCUT2D eigenvalue weighted by molar-refractivity contribution is 5.84. The molecule has 2 heterocycles. The molecule has 1 saturated carbocycles. The van der Waals surface area contributed by atoms with Gasteiger partial charge in [-0.2, -0.15) is 0 Å². The molecule has 8 nitrogen and oxygen atoms in total. The first-order valence-corrected chi connectivity index (χ1v) is 12.5. The lowest BCUT2D eigenvalue weighted by Gasteiger charge is -2.38. The number of methoxy groups -OCH3 is 1. The Bertz CT molecular complexity index is 1000. The number of aliphatic hydroxyl groups excluding tert-OH is 1. The number of nitrogens with one attached hydrogen (secondary N) is 1. The van der Waals surface area contributed by atoms with Crippen molar-refractivity contribution in [2.75, 3.05) is 51.3 Å². The first kappa shape index (κ1) is 23.1. The summed E-state index contributed by atoms with van der Waals surface area (Å²) in [7, 11) is 1.66. The van der Waals surface area contributed by atoms with E-state index in [-0.39, 0.29) is 17.7 Å². The molecule has 2 aromatic rings. The number of ether oxygens (including phenoxy) is 1. The fourth-order valence-electron chi connectivity index (χ4n) is 5.25. The number of piperazine rings is 1. The van der Waals surface area contributed by atoms with Crippen molar-refractivity contribution in [3.8, 4) is 5.75 Å². The van der Waals surface area contributed by atoms with Gasteiger partial charge in [-0.15, -0.1) is 0 Å². The first-order chi connectivity index (χ1) is 16.5. The van der Waals surface area contributed by atoms with Gasteiger partial charge >= 0.3 is 0 Å². The molecule has 34 heavy (non-hydrogen) atoms. The molecule has 2 fully saturated rings. The summed E-state index contributed by atoms with van der Waals surface area (Å²) in [6, 6.07) is 7.88. The third-order valence-electron chi connectivity index (χ3n) is 7.46. The Hall–Kier alpha value is -2.71. The number of aliphatic hydroxyl groups is 1. The van der Waals surface area contributed by atoms with Crippen LogP contribution in [-0.4, -0.2) is 72.3 Å². The molecule has 0 unspecified atom stereocenters. The second kappa shape index (κ2) is 9.88. The maximum Gasteiger partial charge on any atom is 0.231 e. The average molecular weight is 466 g/mol. The van der Waals surface area contributed by atoms with Crippen LogP contribution in [0.4, 0.5) is 5.82 Å². The third-order valence-corrected chi connectivity index (χ3v) is 7.46. The molecule has 8 heteroatoms. The zero-order valence-corrected chi connectivity index (χ0v) is 20.1. The van der Waals surface area contributed by atoms with Gasteiger partial charge in [0, 0.05) is 38.3 Å². The van der Waals surface area contributed by atoms with Crippen molar-refractivity contribution >= 4 is 11.7 Å². The van der Waals surface area contributed by atoms with E-state index >= 15 is 0 Å². The van der Waals surface area contributed by atoms with Gasteiger partial charge < -0.3 is 25.0 Å². The fraction of sp³-hybridized carbons (Fsp3) is 0.577. The van der Waals surface area contributed by atoms with E-state index in [1.807, 2.05) is 29.2 Å². The van der Waals surface area contributed by atoms with Crippen LogP contribution < -0.4 is 15.0 Å². The molecule has 0 bridgehead atoms. The third kappa shape index (κ3) is 4.74. The summed E-state index contributed by atoms with van der Waals surface area (Å²) in [4.78, 5) is 26.8. The number of hydrogen-bond acceptors (Lipinski definition) is 7. The number of amides is 1. The zero-order chi connectivity index (χ0) is 23.7. The Kier molecular flexibility index (Phi) is 6.70. The Morgan fingerprint density at radius 2 is 1.91 bits per heavy atom. The largest absolute Gasteiger partial charge is 0.497 e. The summed E-state index contributed by atoms with van der Waals surface area (Å²) >= 11 is 0. The Morgan fingerprint density at radius 3 is 2.59 bits per heavy atom. The minimum atomic E-state index is -0.511. The van der Waals surface area contributed by atoms with Crippen LogP contribution in [0.5, 0.6) is 5.75 Å². The molecule has 0 spiro atoms. The van der Waals surface area contributed by atoms with Crippen molar-refractivity contribution in [2.45, 2.75) is 44.1 Å². The molecule has 2 N–H and O–H groups in total. The molecule has 1 amide bonds. The summed E-state index contributed by atoms with van der Waals surface area (Å²) < 4.78 is 5.30. The molecular formula is C26H35N5O3. The van der Waals surface area contributed by atoms with Crippen LogP contribution in [0.3, 0.4) is 0 Å². The summed E-state index contributed by atoms with van der Waals surface area (Å²) in [5.41, 5.74) is 2.85. The lowest BCUT2D eigenvalue weighted by molar-refractivity contribution is -0.133. The van der Waals surface area contributed by atoms with Gasteiger partial charge in [0.2, 0.25) is 5.91 Å². The quantitative estimate of drug-likeness (QED) is 0.619. The summed E-state index contributed by atoms with van der Waals surface area (Å²) in [5, 5.41) is 13.9. The molecule has 182 valence electrons. The van der Waals surface area contributed by atoms with Crippen molar-refractivity contribution in [1.82, 2.24) is 20.2 Å². The number of anilines is 1. The predicted octanol–water partition coefficient (Wildman–Crippen LogP) is 2.46. The van der Waals surface area contributed by atoms with Gasteiger partial charge in [0.05, 0.1) is 24.8 Å². The maximum atomic E-state index is 13.6. The molecule has 1 saturated heterocycles. The van der Waals surface area contributed by atoms with Crippen molar-refractivity contribution in [3.05, 3.63) is 47.4 Å². The normalized spacial score (nSPS) is 23.0. The molecule has 3 atom stereocenters. The number of hydrogen-bond donors (Lipinski definition) is 2. The van der Waals surface area contributed by atoms with Gasteiger partial charge in [-0.05, 0) is 55.3 Å². The molecule has 3 aliphatic rings. The number of aromatic nitrogens is 2. The lowest BCUT2D eigenvalue weighted by Crippen LogP contribution is -2.51. The molecule has 1 aliphatic heterocycles. The molecule has 5 rings (SSSR count). The van der Waals surface area contributed by atoms with Crippen LogP contribution in [0.2, 0.25) is 0 Å². The van der Waals surface area contributed by atoms with Gasteiger partial charge in [-0.3, -0.25) is 4.79 Å². The van der Waals surface area contributed by atoms with E-state index in [2.05, 4.69) is 27.1 Å². The number of benzene rings is 1. The van der Waals surface area contributed by atoms with Gasteiger partial charge in [0.15, 0.2) is 0 Å². The summed E-state index contributed by atoms with van der Waals surface area (Å²) in [6.45, 7) is 6.52. The summed E-state index contributed by atoms with van der Waals surface area (Å²) in [6.07, 6.45) is 4.31. The van der Waals surface area contributed by atoms with Gasteiger partial charge in [-0.25, -0.2) is 9.97 Å². The van der Waals surface area contributed by atoms with Gasteiger partial charge in [0.1, 0.15) is 17.9 Å². The molecule has 0 radical (unpaired) electrons. The van der Waals surface area contributed by atoms with Crippen molar-refractivity contribution < 1.29 is 14.6 Å². The van der Waals surface area contributed by atoms with E-state index in [0.717, 1.165) is 53.9 Å². The number of carbonyl (C=O) groups is 1. The van der Waals surface area contributed by atoms with Crippen LogP contribution in [0, 0.1) is 5.92 Å². The van der Waals surface area contributed by atoms with Crippen molar-refractivity contribution in [3.63, 3.8) is 0 Å². The lowest BCUT2D eigenvalue weighted by atomic mass is 9.96. The molecule has 2 aliphatic carbocycles. The maximum absolute atomic E-state index is 13.6. The number of rotatable bonds is 8. The Labute approximate surface area is 201 Å². The van der Waals surface area contributed by atoms with Crippen LogP contribution in [-0.2, 0) is 4.79 Å². The van der Waals surface area contributed by atoms with Crippen molar-refractivity contribution in [2.24, 2.45) is 5.92 Å². The SMILES string of the molecule is COc1ccc([C@@H](CNCC2CC2)C(=O)N2CCN(c3ncnc4c3[C@H](C)C[C@H]4O)CC2)cc1. The topological polar surface area (TPSA) is 90.8 Å². The van der Waals surface area contributed by atoms with Crippen LogP contribution in [0.25, 0.3) is 0 Å². The van der Waals surface area contributed by atoms with Gasteiger partial charge in [0.25, 0.3) is 0 Å². The number of carbonyl (C=O) groups excluding carboxylic acids is 1. The fourth-order valence-corrected chi connectivity index (χ4v) is 5.25. The summed E-state index contributed by atoms with van der Waals surface area (Å²) in [5.74, 6) is 2.67. The van der Waals surface area contributed by atoms with E-state index in [0.29, 0.717) is 26.1 Å². The smallest absolute Gasteiger partial charge is 0.231 e. The highest BCUT2D eigenvalue weighted by atomic mass is 16.5. The minimum absolute atomic E-state index is 0.171. The number of fused-ring (bicyclic) bond motifs is 1. The Balaban J connectivity index is 1.27. The average Bonchev–Trinajstić information content (AvgIpc) is 3.65. The number of nitrogens with zero attached hydrogens (tertiary/aromatic N) is 4. The zero-order valence-electron chi connectivity index (χ0n) is 20.1. The minimum Gasteiger partial charge on any atom is -0.497 e. The predicted molar refractivity (Wildman–Crippen MR) is 130 cm³/mol. The van der Waals surface area contributed by atoms with Crippen LogP contribution in [0.15, 0.2) is 30.6 Å². The van der Waals surface area contributed by atoms with E-state index in [4.69, 9.17) is 4.74 Å². The highest BCUT2D eigenvalue weighted by Gasteiger charge is 2.35. The van der Waals surface area contributed by atoms with Crippen molar-refractivity contribution in [1.29, 1.82) is 0 Å². The van der Waals surface area contributed by atoms with E-state index in [1.165, 1.54) is 12.8 Å². The standard InChI is InChI=1S/C26H35N5O3/c1-17-13-22(32)24-23(17)25(29-16-28-24)30-9-11-31(12-10-30)26(33)21(15-27-14-18-3-4-18)19-5-7-20(34-2)8-6-19/h5-8,16-18,21-22,27,32H,3-4,9-15H2,1-2H3/t17-,21-,22-/m1/s1. The monoisotopic (exact) mass is 465 g/mol. The second-order valence-corrected chi connectivity index (χ2v) is 9.89. The van der Waals surface area contributed by atoms with Gasteiger partial charge in [-0.1, -0.05) is 19.1 Å². The Morgan fingerprint density at radius 1 is 1.18 bits per heavy atom. The van der Waals surface area contributed by atoms with E-state index in [9.17, 15) is 9.90 Å². The molecular weight excluding hydrogens is 430 g/mol. The van der Waals surface area contributed by atoms with Crippen LogP contribution >= 0.6 is 0 Å². The highest BCUT2D eigenvalue weighted by Crippen LogP contribution is 2.42. The molecule has 1 aromatic carbocycles. The molecule has 1 aromatic heterocycles. The van der Waals surface area contributed by atoms with E-state index < -0.39 is 6.10 Å². The van der Waals surface area contributed by atoms with Crippen LogP contribution in [0.1, 0.15) is 60.9 Å². The second-order valence-electron chi connectivity index (χ2n) is 9.89. The van der Waals surface area contributed by atoms with E-state index in [1.54, 1.807) is 13.4 Å². The first-order valence-electron chi connectivity index (χ1n) is 12.5.